The van der Waals surface area contributed by atoms with Crippen molar-refractivity contribution in [2.24, 2.45) is 5.16 Å². The number of nitrogens with two attached hydrogens (primary N) is 1. The maximum Gasteiger partial charge on any atom is 1.00 e. The molecule has 132 valence electrons. The van der Waals surface area contributed by atoms with Gasteiger partial charge in [0.05, 0.1) is 6.04 Å². The number of nitrogen functional groups attached to an aromatic ring is 1. The van der Waals surface area contributed by atoms with Crippen LogP contribution < -0.4 is 40.6 Å². The second-order valence-corrected chi connectivity index (χ2v) is 6.91. The van der Waals surface area contributed by atoms with Gasteiger partial charge in [-0.05, 0) is 0 Å². The number of oxime groups is 1. The fourth-order valence-corrected chi connectivity index (χ4v) is 3.81. The fraction of sp³-hybridized carbons (Fsp3) is 0.400. The van der Waals surface area contributed by atoms with Gasteiger partial charge in [-0.3, -0.25) is 9.59 Å². The van der Waals surface area contributed by atoms with Gasteiger partial charge < -0.3 is 20.4 Å². The van der Waals surface area contributed by atoms with Crippen molar-refractivity contribution in [1.29, 1.82) is 0 Å². The minimum absolute atomic E-state index is 0. The second kappa shape index (κ2) is 8.62. The summed E-state index contributed by atoms with van der Waals surface area (Å²) < 4.78 is 33.1. The Kier molecular flexibility index (Phi) is 7.61. The fourth-order valence-electron chi connectivity index (χ4n) is 2.01. The summed E-state index contributed by atoms with van der Waals surface area (Å²) in [7, 11) is -3.81. The standard InChI is InChI=1S/C10H12ClN5O6S2.Na/c1-22-15-6(4-3-23-10(12)13-4)8(17)14-7-5(2-11)16(9(7)18)24(19,20)21;/h3,5,7H,2H2,1H3,(H2,12,13)(H,14,17)(H,19,20,21);/q;+1/p-1/t5-,7+;/m0./s1. The molecule has 1 aliphatic heterocycles. The molecule has 1 aromatic heterocycles. The number of thiazole rings is 1. The maximum absolute atomic E-state index is 12.3. The van der Waals surface area contributed by atoms with Gasteiger partial charge >= 0.3 is 29.6 Å². The van der Waals surface area contributed by atoms with Crippen LogP contribution in [-0.4, -0.2) is 64.9 Å². The van der Waals surface area contributed by atoms with Gasteiger partial charge in [-0.15, -0.1) is 22.9 Å². The molecule has 11 nitrogen and oxygen atoms in total. The monoisotopic (exact) mass is 419 g/mol. The Hall–Kier alpha value is -0.960. The third-order valence-electron chi connectivity index (χ3n) is 3.02. The Morgan fingerprint density at radius 3 is 2.72 bits per heavy atom. The van der Waals surface area contributed by atoms with Gasteiger partial charge in [-0.2, -0.15) is 0 Å². The largest absolute Gasteiger partial charge is 1.00 e. The molecule has 3 N–H and O–H groups in total. The van der Waals surface area contributed by atoms with E-state index in [2.05, 4.69) is 20.3 Å². The molecule has 2 amide bonds. The first-order valence-corrected chi connectivity index (χ1v) is 8.97. The minimum atomic E-state index is -5.01. The van der Waals surface area contributed by atoms with E-state index in [0.717, 1.165) is 11.3 Å². The van der Waals surface area contributed by atoms with Crippen LogP contribution in [0.25, 0.3) is 0 Å². The van der Waals surface area contributed by atoms with E-state index in [0.29, 0.717) is 0 Å². The van der Waals surface area contributed by atoms with E-state index in [1.807, 2.05) is 0 Å². The normalized spacial score (nSPS) is 20.5. The van der Waals surface area contributed by atoms with Crippen LogP contribution in [0.4, 0.5) is 5.13 Å². The Balaban J connectivity index is 0.00000312. The van der Waals surface area contributed by atoms with Crippen molar-refractivity contribution in [3.05, 3.63) is 11.1 Å². The molecule has 1 aromatic rings. The number of anilines is 1. The molecule has 0 radical (unpaired) electrons. The van der Waals surface area contributed by atoms with Crippen LogP contribution in [0.15, 0.2) is 10.5 Å². The topological polar surface area (TPSA) is 167 Å². The van der Waals surface area contributed by atoms with E-state index in [1.54, 1.807) is 0 Å². The summed E-state index contributed by atoms with van der Waals surface area (Å²) in [6.07, 6.45) is 0. The molecule has 2 atom stereocenters. The molecular formula is C10H11ClN5NaO6S2. The summed E-state index contributed by atoms with van der Waals surface area (Å²) in [6.45, 7) is 0. The molecular weight excluding hydrogens is 409 g/mol. The minimum Gasteiger partial charge on any atom is -0.731 e. The number of amides is 2. The van der Waals surface area contributed by atoms with Gasteiger partial charge in [0.15, 0.2) is 21.1 Å². The summed E-state index contributed by atoms with van der Waals surface area (Å²) in [6, 6.07) is -2.47. The van der Waals surface area contributed by atoms with Crippen molar-refractivity contribution in [3.63, 3.8) is 0 Å². The number of nitrogens with zero attached hydrogens (tertiary/aromatic N) is 3. The SMILES string of the molecule is CON=C(C(=O)N[C@H]1C(=O)N(S(=O)(=O)[O-])[C@H]1CCl)c1csc(N)n1.[Na+]. The zero-order valence-electron chi connectivity index (χ0n) is 13.0. The molecule has 0 spiro atoms. The number of hydrogen-bond donors (Lipinski definition) is 2. The number of aromatic nitrogens is 1. The number of β-lactam (4-membered cyclic amide) rings is 1. The van der Waals surface area contributed by atoms with E-state index < -0.39 is 34.2 Å². The zero-order chi connectivity index (χ0) is 18.1. The maximum atomic E-state index is 12.3. The Labute approximate surface area is 173 Å². The first-order chi connectivity index (χ1) is 11.2. The Bertz CT molecular complexity index is 799. The van der Waals surface area contributed by atoms with Crippen LogP contribution in [0.5, 0.6) is 0 Å². The Morgan fingerprint density at radius 2 is 2.28 bits per heavy atom. The smallest absolute Gasteiger partial charge is 0.731 e. The predicted octanol–water partition coefficient (Wildman–Crippen LogP) is -4.53. The zero-order valence-corrected chi connectivity index (χ0v) is 17.4. The molecule has 2 heterocycles. The van der Waals surface area contributed by atoms with Crippen molar-refractivity contribution in [2.75, 3.05) is 18.7 Å². The number of nitrogens with one attached hydrogen (secondary N) is 1. The van der Waals surface area contributed by atoms with E-state index in [4.69, 9.17) is 17.3 Å². The Morgan fingerprint density at radius 1 is 1.64 bits per heavy atom. The summed E-state index contributed by atoms with van der Waals surface area (Å²) in [5.74, 6) is -2.31. The number of halogens is 1. The van der Waals surface area contributed by atoms with Crippen LogP contribution in [0, 0.1) is 0 Å². The molecule has 0 saturated carbocycles. The van der Waals surface area contributed by atoms with Gasteiger partial charge in [0.2, 0.25) is 0 Å². The molecule has 1 fully saturated rings. The number of hydrogen-bond acceptors (Lipinski definition) is 10. The van der Waals surface area contributed by atoms with Crippen molar-refractivity contribution in [2.45, 2.75) is 12.1 Å². The van der Waals surface area contributed by atoms with Crippen LogP contribution in [0.3, 0.4) is 0 Å². The average molecular weight is 420 g/mol. The summed E-state index contributed by atoms with van der Waals surface area (Å²) in [5, 5.41) is 7.41. The molecule has 0 aromatic carbocycles. The van der Waals surface area contributed by atoms with Gasteiger partial charge in [0.25, 0.3) is 11.8 Å². The molecule has 15 heteroatoms. The van der Waals surface area contributed by atoms with Crippen molar-refractivity contribution >= 4 is 55.9 Å². The average Bonchev–Trinajstić information content (AvgIpc) is 2.91. The van der Waals surface area contributed by atoms with Crippen molar-refractivity contribution in [1.82, 2.24) is 14.6 Å². The predicted molar refractivity (Wildman–Crippen MR) is 83.1 cm³/mol. The van der Waals surface area contributed by atoms with Crippen LogP contribution in [0.2, 0.25) is 0 Å². The van der Waals surface area contributed by atoms with Crippen LogP contribution in [0.1, 0.15) is 5.69 Å². The number of rotatable bonds is 6. The van der Waals surface area contributed by atoms with E-state index in [-0.39, 0.29) is 56.3 Å². The van der Waals surface area contributed by atoms with E-state index in [9.17, 15) is 22.6 Å². The van der Waals surface area contributed by atoms with E-state index in [1.165, 1.54) is 12.5 Å². The third kappa shape index (κ3) is 4.61. The number of carbonyl (C=O) groups is 2. The summed E-state index contributed by atoms with van der Waals surface area (Å²) in [4.78, 5) is 32.5. The van der Waals surface area contributed by atoms with Gasteiger partial charge in [-0.25, -0.2) is 17.7 Å². The van der Waals surface area contributed by atoms with Crippen LogP contribution in [-0.2, 0) is 24.7 Å². The molecule has 25 heavy (non-hydrogen) atoms. The van der Waals surface area contributed by atoms with Gasteiger partial charge in [0.1, 0.15) is 18.8 Å². The third-order valence-corrected chi connectivity index (χ3v) is 4.94. The van der Waals surface area contributed by atoms with Gasteiger partial charge in [0, 0.05) is 11.3 Å². The number of alkyl halides is 1. The first-order valence-electron chi connectivity index (χ1n) is 6.19. The van der Waals surface area contributed by atoms with Crippen LogP contribution >= 0.6 is 22.9 Å². The second-order valence-electron chi connectivity index (χ2n) is 4.46. The molecule has 1 saturated heterocycles. The quantitative estimate of drug-likeness (QED) is 0.116. The van der Waals surface area contributed by atoms with Crippen molar-refractivity contribution in [3.8, 4) is 0 Å². The molecule has 0 unspecified atom stereocenters. The van der Waals surface area contributed by atoms with Crippen molar-refractivity contribution < 1.29 is 57.0 Å². The summed E-state index contributed by atoms with van der Waals surface area (Å²) >= 11 is 6.64. The molecule has 0 bridgehead atoms. The van der Waals surface area contributed by atoms with E-state index >= 15 is 0 Å². The molecule has 1 aliphatic rings. The molecule has 0 aliphatic carbocycles. The van der Waals surface area contributed by atoms with Gasteiger partial charge in [-0.1, -0.05) is 5.16 Å². The number of carbonyl (C=O) groups excluding carboxylic acids is 2. The summed E-state index contributed by atoms with van der Waals surface area (Å²) in [5.41, 5.74) is 5.33. The molecule has 2 rings (SSSR count). The first kappa shape index (κ1) is 22.1.